The van der Waals surface area contributed by atoms with E-state index in [1.54, 1.807) is 38.5 Å². The van der Waals surface area contributed by atoms with E-state index in [0.29, 0.717) is 22.7 Å². The highest BCUT2D eigenvalue weighted by Crippen LogP contribution is 2.24. The number of benzene rings is 3. The maximum atomic E-state index is 12.5. The Morgan fingerprint density at radius 3 is 2.30 bits per heavy atom. The van der Waals surface area contributed by atoms with Gasteiger partial charge in [-0.3, -0.25) is 4.79 Å². The summed E-state index contributed by atoms with van der Waals surface area (Å²) in [6.07, 6.45) is 1.87. The van der Waals surface area contributed by atoms with Crippen molar-refractivity contribution in [2.24, 2.45) is 0 Å². The summed E-state index contributed by atoms with van der Waals surface area (Å²) in [5.74, 6) is 0.170. The standard InChI is InChI=1S/C24H23NO5/c1-16(24(27)25-22-10-6-8-18-7-4-5-9-21(18)22)30-23(26)12-11-17-13-19(28-2)15-20(14-17)29-3/h4-16H,1-3H3,(H,25,27)/b12-11+/t16-/m1/s1. The van der Waals surface area contributed by atoms with Crippen LogP contribution in [-0.2, 0) is 14.3 Å². The van der Waals surface area contributed by atoms with E-state index in [1.807, 2.05) is 42.5 Å². The van der Waals surface area contributed by atoms with Crippen molar-refractivity contribution in [1.82, 2.24) is 0 Å². The average Bonchev–Trinajstić information content (AvgIpc) is 2.77. The first-order valence-corrected chi connectivity index (χ1v) is 9.40. The van der Waals surface area contributed by atoms with Gasteiger partial charge in [0, 0.05) is 23.2 Å². The van der Waals surface area contributed by atoms with Crippen molar-refractivity contribution in [3.8, 4) is 11.5 Å². The van der Waals surface area contributed by atoms with E-state index in [9.17, 15) is 9.59 Å². The fraction of sp³-hybridized carbons (Fsp3) is 0.167. The van der Waals surface area contributed by atoms with Crippen LogP contribution in [0, 0.1) is 0 Å². The molecule has 6 nitrogen and oxygen atoms in total. The number of fused-ring (bicyclic) bond motifs is 1. The third kappa shape index (κ3) is 5.17. The second kappa shape index (κ2) is 9.60. The Hall–Kier alpha value is -3.80. The zero-order valence-corrected chi connectivity index (χ0v) is 17.0. The molecule has 0 saturated heterocycles. The number of ether oxygens (including phenoxy) is 3. The Morgan fingerprint density at radius 2 is 1.60 bits per heavy atom. The molecular formula is C24H23NO5. The summed E-state index contributed by atoms with van der Waals surface area (Å²) in [4.78, 5) is 24.6. The number of hydrogen-bond donors (Lipinski definition) is 1. The summed E-state index contributed by atoms with van der Waals surface area (Å²) >= 11 is 0. The van der Waals surface area contributed by atoms with Crippen LogP contribution in [0.1, 0.15) is 12.5 Å². The first-order valence-electron chi connectivity index (χ1n) is 9.40. The molecule has 1 amide bonds. The van der Waals surface area contributed by atoms with Crippen LogP contribution in [0.2, 0.25) is 0 Å². The summed E-state index contributed by atoms with van der Waals surface area (Å²) in [5.41, 5.74) is 1.37. The Labute approximate surface area is 175 Å². The van der Waals surface area contributed by atoms with Crippen molar-refractivity contribution < 1.29 is 23.8 Å². The fourth-order valence-electron chi connectivity index (χ4n) is 2.93. The van der Waals surface area contributed by atoms with Gasteiger partial charge in [0.05, 0.1) is 14.2 Å². The lowest BCUT2D eigenvalue weighted by Crippen LogP contribution is -2.29. The van der Waals surface area contributed by atoms with Gasteiger partial charge in [-0.1, -0.05) is 36.4 Å². The van der Waals surface area contributed by atoms with Gasteiger partial charge in [0.25, 0.3) is 5.91 Å². The number of nitrogens with one attached hydrogen (secondary N) is 1. The number of hydrogen-bond acceptors (Lipinski definition) is 5. The summed E-state index contributed by atoms with van der Waals surface area (Å²) in [7, 11) is 3.10. The van der Waals surface area contributed by atoms with Gasteiger partial charge in [-0.25, -0.2) is 4.79 Å². The molecule has 154 valence electrons. The molecule has 0 radical (unpaired) electrons. The third-order valence-corrected chi connectivity index (χ3v) is 4.50. The van der Waals surface area contributed by atoms with Crippen LogP contribution in [0.4, 0.5) is 5.69 Å². The van der Waals surface area contributed by atoms with Gasteiger partial charge < -0.3 is 19.5 Å². The number of amides is 1. The number of esters is 1. The van der Waals surface area contributed by atoms with Gasteiger partial charge >= 0.3 is 5.97 Å². The molecule has 0 spiro atoms. The van der Waals surface area contributed by atoms with E-state index in [4.69, 9.17) is 14.2 Å². The molecule has 0 aromatic heterocycles. The topological polar surface area (TPSA) is 73.9 Å². The van der Waals surface area contributed by atoms with Crippen molar-refractivity contribution in [3.05, 3.63) is 72.3 Å². The van der Waals surface area contributed by atoms with E-state index >= 15 is 0 Å². The maximum Gasteiger partial charge on any atom is 0.331 e. The molecule has 0 fully saturated rings. The SMILES string of the molecule is COc1cc(/C=C/C(=O)O[C@H](C)C(=O)Nc2cccc3ccccc23)cc(OC)c1. The molecule has 0 aliphatic rings. The maximum absolute atomic E-state index is 12.5. The number of methoxy groups -OCH3 is 2. The molecule has 0 unspecified atom stereocenters. The molecule has 3 aromatic rings. The lowest BCUT2D eigenvalue weighted by atomic mass is 10.1. The zero-order valence-electron chi connectivity index (χ0n) is 17.0. The molecular weight excluding hydrogens is 382 g/mol. The van der Waals surface area contributed by atoms with Crippen molar-refractivity contribution >= 4 is 34.4 Å². The van der Waals surface area contributed by atoms with Gasteiger partial charge in [-0.05, 0) is 42.1 Å². The number of anilines is 1. The van der Waals surface area contributed by atoms with Crippen LogP contribution >= 0.6 is 0 Å². The molecule has 3 aromatic carbocycles. The predicted molar refractivity (Wildman–Crippen MR) is 117 cm³/mol. The minimum absolute atomic E-state index is 0.406. The second-order valence-electron chi connectivity index (χ2n) is 6.57. The lowest BCUT2D eigenvalue weighted by molar-refractivity contribution is -0.148. The average molecular weight is 405 g/mol. The van der Waals surface area contributed by atoms with Crippen LogP contribution in [0.3, 0.4) is 0 Å². The van der Waals surface area contributed by atoms with Crippen LogP contribution in [0.15, 0.2) is 66.7 Å². The minimum Gasteiger partial charge on any atom is -0.497 e. The molecule has 3 rings (SSSR count). The molecule has 1 N–H and O–H groups in total. The monoisotopic (exact) mass is 405 g/mol. The van der Waals surface area contributed by atoms with Gasteiger partial charge in [0.1, 0.15) is 11.5 Å². The molecule has 0 saturated carbocycles. The van der Waals surface area contributed by atoms with Gasteiger partial charge in [0.15, 0.2) is 6.10 Å². The number of carbonyl (C=O) groups is 2. The van der Waals surface area contributed by atoms with Crippen LogP contribution < -0.4 is 14.8 Å². The Balaban J connectivity index is 1.64. The predicted octanol–water partition coefficient (Wildman–Crippen LogP) is 4.44. The summed E-state index contributed by atoms with van der Waals surface area (Å²) in [6, 6.07) is 18.6. The van der Waals surface area contributed by atoms with E-state index < -0.39 is 18.0 Å². The van der Waals surface area contributed by atoms with Gasteiger partial charge in [-0.2, -0.15) is 0 Å². The molecule has 1 atom stereocenters. The Morgan fingerprint density at radius 1 is 0.933 bits per heavy atom. The van der Waals surface area contributed by atoms with Crippen LogP contribution in [-0.4, -0.2) is 32.2 Å². The van der Waals surface area contributed by atoms with Crippen LogP contribution in [0.25, 0.3) is 16.8 Å². The normalized spacial score (nSPS) is 11.8. The molecule has 30 heavy (non-hydrogen) atoms. The summed E-state index contributed by atoms with van der Waals surface area (Å²) in [5, 5.41) is 4.75. The smallest absolute Gasteiger partial charge is 0.331 e. The van der Waals surface area contributed by atoms with Crippen molar-refractivity contribution in [1.29, 1.82) is 0 Å². The van der Waals surface area contributed by atoms with E-state index in [2.05, 4.69) is 5.32 Å². The summed E-state index contributed by atoms with van der Waals surface area (Å²) in [6.45, 7) is 1.53. The first-order chi connectivity index (χ1) is 14.5. The molecule has 0 heterocycles. The number of rotatable bonds is 7. The zero-order chi connectivity index (χ0) is 21.5. The summed E-state index contributed by atoms with van der Waals surface area (Å²) < 4.78 is 15.6. The minimum atomic E-state index is -0.957. The lowest BCUT2D eigenvalue weighted by Gasteiger charge is -2.14. The highest BCUT2D eigenvalue weighted by atomic mass is 16.5. The fourth-order valence-corrected chi connectivity index (χ4v) is 2.93. The van der Waals surface area contributed by atoms with Crippen molar-refractivity contribution in [3.63, 3.8) is 0 Å². The van der Waals surface area contributed by atoms with Crippen molar-refractivity contribution in [2.45, 2.75) is 13.0 Å². The van der Waals surface area contributed by atoms with E-state index in [0.717, 1.165) is 10.8 Å². The van der Waals surface area contributed by atoms with Gasteiger partial charge in [-0.15, -0.1) is 0 Å². The first kappa shape index (κ1) is 20.9. The molecule has 0 bridgehead atoms. The van der Waals surface area contributed by atoms with Crippen LogP contribution in [0.5, 0.6) is 11.5 Å². The van der Waals surface area contributed by atoms with E-state index in [1.165, 1.54) is 13.0 Å². The Bertz CT molecular complexity index is 1060. The third-order valence-electron chi connectivity index (χ3n) is 4.50. The number of carbonyl (C=O) groups excluding carboxylic acids is 2. The van der Waals surface area contributed by atoms with Gasteiger partial charge in [0.2, 0.25) is 0 Å². The second-order valence-corrected chi connectivity index (χ2v) is 6.57. The Kier molecular flexibility index (Phi) is 6.70. The largest absolute Gasteiger partial charge is 0.497 e. The van der Waals surface area contributed by atoms with E-state index in [-0.39, 0.29) is 0 Å². The molecule has 6 heteroatoms. The van der Waals surface area contributed by atoms with Crippen molar-refractivity contribution in [2.75, 3.05) is 19.5 Å². The highest BCUT2D eigenvalue weighted by Gasteiger charge is 2.17. The quantitative estimate of drug-likeness (QED) is 0.465. The molecule has 0 aliphatic carbocycles. The highest BCUT2D eigenvalue weighted by molar-refractivity contribution is 6.04. The molecule has 0 aliphatic heterocycles.